The summed E-state index contributed by atoms with van der Waals surface area (Å²) in [5.41, 5.74) is 1.26. The zero-order chi connectivity index (χ0) is 15.9. The lowest BCUT2D eigenvalue weighted by Gasteiger charge is -2.13. The van der Waals surface area contributed by atoms with Gasteiger partial charge >= 0.3 is 0 Å². The molecule has 0 fully saturated rings. The van der Waals surface area contributed by atoms with E-state index in [1.54, 1.807) is 13.3 Å². The molecule has 4 heteroatoms. The van der Waals surface area contributed by atoms with Gasteiger partial charge in [0.2, 0.25) is 0 Å². The fourth-order valence-electron chi connectivity index (χ4n) is 2.61. The lowest BCUT2D eigenvalue weighted by Crippen LogP contribution is -2.37. The molecule has 118 valence electrons. The van der Waals surface area contributed by atoms with Crippen LogP contribution >= 0.6 is 0 Å². The Morgan fingerprint density at radius 3 is 2.70 bits per heavy atom. The molecule has 0 aliphatic rings. The number of nitrogens with zero attached hydrogens (tertiary/aromatic N) is 1. The van der Waals surface area contributed by atoms with Gasteiger partial charge in [0.05, 0.1) is 6.26 Å². The van der Waals surface area contributed by atoms with Crippen molar-refractivity contribution in [3.05, 3.63) is 72.2 Å². The molecule has 1 heterocycles. The van der Waals surface area contributed by atoms with Crippen molar-refractivity contribution in [1.82, 2.24) is 10.6 Å². The number of guanidine groups is 1. The van der Waals surface area contributed by atoms with Gasteiger partial charge in [-0.05, 0) is 28.5 Å². The Morgan fingerprint density at radius 1 is 1.00 bits per heavy atom. The van der Waals surface area contributed by atoms with E-state index in [0.29, 0.717) is 0 Å². The minimum atomic E-state index is 0.738. The summed E-state index contributed by atoms with van der Waals surface area (Å²) in [6.07, 6.45) is 2.53. The van der Waals surface area contributed by atoms with Crippen LogP contribution in [0.4, 0.5) is 0 Å². The summed E-state index contributed by atoms with van der Waals surface area (Å²) in [5, 5.41) is 9.20. The zero-order valence-corrected chi connectivity index (χ0v) is 13.3. The molecule has 0 radical (unpaired) electrons. The molecular formula is C19H21N3O. The van der Waals surface area contributed by atoms with Gasteiger partial charge in [0.25, 0.3) is 0 Å². The summed E-state index contributed by atoms with van der Waals surface area (Å²) in [6, 6.07) is 18.7. The summed E-state index contributed by atoms with van der Waals surface area (Å²) in [4.78, 5) is 4.27. The minimum absolute atomic E-state index is 0.738. The van der Waals surface area contributed by atoms with Gasteiger partial charge in [-0.15, -0.1) is 0 Å². The molecule has 2 N–H and O–H groups in total. The van der Waals surface area contributed by atoms with Crippen LogP contribution in [0.1, 0.15) is 11.3 Å². The largest absolute Gasteiger partial charge is 0.469 e. The lowest BCUT2D eigenvalue weighted by molar-refractivity contribution is 0.507. The first-order chi connectivity index (χ1) is 11.4. The van der Waals surface area contributed by atoms with Crippen molar-refractivity contribution in [1.29, 1.82) is 0 Å². The molecule has 2 aromatic carbocycles. The topological polar surface area (TPSA) is 49.6 Å². The summed E-state index contributed by atoms with van der Waals surface area (Å²) in [6.45, 7) is 1.52. The maximum atomic E-state index is 5.33. The highest BCUT2D eigenvalue weighted by atomic mass is 16.3. The van der Waals surface area contributed by atoms with E-state index in [9.17, 15) is 0 Å². The van der Waals surface area contributed by atoms with Crippen LogP contribution in [-0.4, -0.2) is 19.6 Å². The third kappa shape index (κ3) is 3.92. The highest BCUT2D eigenvalue weighted by Crippen LogP contribution is 2.18. The van der Waals surface area contributed by atoms with Gasteiger partial charge in [-0.25, -0.2) is 0 Å². The highest BCUT2D eigenvalue weighted by Gasteiger charge is 2.03. The van der Waals surface area contributed by atoms with Crippen molar-refractivity contribution in [3.63, 3.8) is 0 Å². The van der Waals surface area contributed by atoms with Crippen LogP contribution in [0.15, 0.2) is 70.3 Å². The lowest BCUT2D eigenvalue weighted by atomic mass is 10.0. The molecule has 0 bridgehead atoms. The van der Waals surface area contributed by atoms with Crippen LogP contribution < -0.4 is 10.6 Å². The maximum absolute atomic E-state index is 5.33. The number of aliphatic imine (C=N–C) groups is 1. The summed E-state index contributed by atoms with van der Waals surface area (Å²) in [7, 11) is 1.78. The molecule has 0 aliphatic carbocycles. The predicted molar refractivity (Wildman–Crippen MR) is 94.6 cm³/mol. The first-order valence-electron chi connectivity index (χ1n) is 7.80. The number of hydrogen-bond donors (Lipinski definition) is 2. The first-order valence-corrected chi connectivity index (χ1v) is 7.80. The Labute approximate surface area is 136 Å². The zero-order valence-electron chi connectivity index (χ0n) is 13.3. The minimum Gasteiger partial charge on any atom is -0.469 e. The molecule has 0 atom stereocenters. The Bertz CT molecular complexity index is 773. The van der Waals surface area contributed by atoms with Gasteiger partial charge in [0.1, 0.15) is 5.76 Å². The average molecular weight is 307 g/mol. The first kappa shape index (κ1) is 15.2. The number of nitrogens with one attached hydrogen (secondary N) is 2. The molecule has 0 amide bonds. The Balaban J connectivity index is 1.57. The quantitative estimate of drug-likeness (QED) is 0.561. The van der Waals surface area contributed by atoms with Crippen molar-refractivity contribution in [3.8, 4) is 0 Å². The molecular weight excluding hydrogens is 286 g/mol. The van der Waals surface area contributed by atoms with E-state index >= 15 is 0 Å². The molecule has 4 nitrogen and oxygen atoms in total. The predicted octanol–water partition coefficient (Wildman–Crippen LogP) is 3.34. The van der Waals surface area contributed by atoms with Crippen LogP contribution in [0.25, 0.3) is 10.8 Å². The van der Waals surface area contributed by atoms with E-state index in [0.717, 1.165) is 31.2 Å². The SMILES string of the molecule is CN=C(NCCc1ccco1)NCc1cccc2ccccc12. The Hall–Kier alpha value is -2.75. The van der Waals surface area contributed by atoms with Crippen LogP contribution in [0.2, 0.25) is 0 Å². The molecule has 0 saturated carbocycles. The second-order valence-corrected chi connectivity index (χ2v) is 5.32. The van der Waals surface area contributed by atoms with E-state index in [1.807, 2.05) is 12.1 Å². The molecule has 0 unspecified atom stereocenters. The second kappa shape index (κ2) is 7.49. The maximum Gasteiger partial charge on any atom is 0.191 e. The summed E-state index contributed by atoms with van der Waals surface area (Å²) >= 11 is 0. The standard InChI is InChI=1S/C19H21N3O/c1-20-19(21-12-11-17-9-5-13-23-17)22-14-16-8-4-7-15-6-2-3-10-18(15)16/h2-10,13H,11-12,14H2,1H3,(H2,20,21,22). The van der Waals surface area contributed by atoms with Crippen LogP contribution in [0.3, 0.4) is 0 Å². The highest BCUT2D eigenvalue weighted by molar-refractivity contribution is 5.86. The van der Waals surface area contributed by atoms with E-state index in [4.69, 9.17) is 4.42 Å². The fraction of sp³-hybridized carbons (Fsp3) is 0.211. The molecule has 23 heavy (non-hydrogen) atoms. The van der Waals surface area contributed by atoms with Gasteiger partial charge in [-0.1, -0.05) is 42.5 Å². The van der Waals surface area contributed by atoms with Gasteiger partial charge < -0.3 is 15.1 Å². The van der Waals surface area contributed by atoms with Gasteiger partial charge in [-0.2, -0.15) is 0 Å². The third-order valence-corrected chi connectivity index (χ3v) is 3.79. The molecule has 0 aliphatic heterocycles. The van der Waals surface area contributed by atoms with Gasteiger partial charge in [0.15, 0.2) is 5.96 Å². The second-order valence-electron chi connectivity index (χ2n) is 5.32. The molecule has 1 aromatic heterocycles. The fourth-order valence-corrected chi connectivity index (χ4v) is 2.61. The van der Waals surface area contributed by atoms with Crippen molar-refractivity contribution >= 4 is 16.7 Å². The van der Waals surface area contributed by atoms with Crippen molar-refractivity contribution in [2.24, 2.45) is 4.99 Å². The molecule has 0 spiro atoms. The smallest absolute Gasteiger partial charge is 0.191 e. The Morgan fingerprint density at radius 2 is 1.87 bits per heavy atom. The number of furan rings is 1. The van der Waals surface area contributed by atoms with E-state index < -0.39 is 0 Å². The third-order valence-electron chi connectivity index (χ3n) is 3.79. The van der Waals surface area contributed by atoms with Crippen molar-refractivity contribution in [2.75, 3.05) is 13.6 Å². The van der Waals surface area contributed by atoms with Crippen LogP contribution in [0.5, 0.6) is 0 Å². The monoisotopic (exact) mass is 307 g/mol. The summed E-state index contributed by atoms with van der Waals surface area (Å²) in [5.74, 6) is 1.77. The van der Waals surface area contributed by atoms with Gasteiger partial charge in [0, 0.05) is 26.6 Å². The van der Waals surface area contributed by atoms with Crippen LogP contribution in [0, 0.1) is 0 Å². The van der Waals surface area contributed by atoms with Gasteiger partial charge in [-0.3, -0.25) is 4.99 Å². The van der Waals surface area contributed by atoms with E-state index in [1.165, 1.54) is 16.3 Å². The van der Waals surface area contributed by atoms with Crippen LogP contribution in [-0.2, 0) is 13.0 Å². The Kier molecular flexibility index (Phi) is 4.94. The van der Waals surface area contributed by atoms with E-state index in [2.05, 4.69) is 58.1 Å². The number of hydrogen-bond acceptors (Lipinski definition) is 2. The number of benzene rings is 2. The van der Waals surface area contributed by atoms with Crippen molar-refractivity contribution < 1.29 is 4.42 Å². The average Bonchev–Trinajstić information content (AvgIpc) is 3.11. The van der Waals surface area contributed by atoms with E-state index in [-0.39, 0.29) is 0 Å². The summed E-state index contributed by atoms with van der Waals surface area (Å²) < 4.78 is 5.33. The molecule has 3 aromatic rings. The number of rotatable bonds is 5. The molecule has 0 saturated heterocycles. The van der Waals surface area contributed by atoms with Crippen molar-refractivity contribution in [2.45, 2.75) is 13.0 Å². The normalized spacial score (nSPS) is 11.6. The number of fused-ring (bicyclic) bond motifs is 1. The molecule has 3 rings (SSSR count).